The van der Waals surface area contributed by atoms with Crippen LogP contribution in [0, 0.1) is 5.92 Å². The van der Waals surface area contributed by atoms with E-state index in [4.69, 9.17) is 4.74 Å². The van der Waals surface area contributed by atoms with E-state index in [0.29, 0.717) is 36.6 Å². The molecule has 0 aliphatic carbocycles. The number of carbonyl (C=O) groups is 3. The number of carboxylic acids is 2. The van der Waals surface area contributed by atoms with Gasteiger partial charge in [-0.3, -0.25) is 0 Å². The second-order valence-corrected chi connectivity index (χ2v) is 10.2. The van der Waals surface area contributed by atoms with Gasteiger partial charge >= 0.3 is 11.9 Å². The van der Waals surface area contributed by atoms with Crippen molar-refractivity contribution in [3.63, 3.8) is 0 Å². The van der Waals surface area contributed by atoms with Gasteiger partial charge in [0.1, 0.15) is 12.0 Å². The maximum absolute atomic E-state index is 11.9. The molecule has 0 saturated carbocycles. The molecule has 38 heavy (non-hydrogen) atoms. The first-order chi connectivity index (χ1) is 18.2. The number of nitrogens with one attached hydrogen (secondary N) is 2. The van der Waals surface area contributed by atoms with Crippen molar-refractivity contribution in [1.82, 2.24) is 15.5 Å². The Kier molecular flexibility index (Phi) is 10.9. The number of benzene rings is 1. The van der Waals surface area contributed by atoms with Gasteiger partial charge in [-0.15, -0.1) is 0 Å². The third-order valence-corrected chi connectivity index (χ3v) is 7.76. The summed E-state index contributed by atoms with van der Waals surface area (Å²) in [6.07, 6.45) is 5.16. The van der Waals surface area contributed by atoms with Crippen LogP contribution in [0.1, 0.15) is 63.9 Å². The predicted molar refractivity (Wildman–Crippen MR) is 145 cm³/mol. The van der Waals surface area contributed by atoms with E-state index in [9.17, 15) is 24.6 Å². The van der Waals surface area contributed by atoms with Crippen LogP contribution in [-0.2, 0) is 14.4 Å². The number of nitrogens with zero attached hydrogens (tertiary/aromatic N) is 1. The number of piperidine rings is 1. The number of aldehydes is 1. The topological polar surface area (TPSA) is 128 Å². The van der Waals surface area contributed by atoms with Crippen LogP contribution in [0.2, 0.25) is 0 Å². The monoisotopic (exact) mass is 527 g/mol. The Bertz CT molecular complexity index is 1020. The summed E-state index contributed by atoms with van der Waals surface area (Å²) >= 11 is 0. The number of rotatable bonds is 14. The van der Waals surface area contributed by atoms with Gasteiger partial charge in [0, 0.05) is 29.8 Å². The highest BCUT2D eigenvalue weighted by molar-refractivity contribution is 5.96. The first kappa shape index (κ1) is 29.4. The zero-order chi connectivity index (χ0) is 27.7. The minimum atomic E-state index is -1.12. The first-order valence-corrected chi connectivity index (χ1v) is 13.4. The van der Waals surface area contributed by atoms with E-state index in [1.54, 1.807) is 21.0 Å². The molecule has 2 aliphatic rings. The minimum Gasteiger partial charge on any atom is -0.497 e. The van der Waals surface area contributed by atoms with E-state index in [1.165, 1.54) is 5.56 Å². The molecule has 1 unspecified atom stereocenters. The first-order valence-electron chi connectivity index (χ1n) is 13.4. The number of aliphatic carboxylic acids is 2. The number of allylic oxidation sites excluding steroid dienone is 2. The Morgan fingerprint density at radius 2 is 1.82 bits per heavy atom. The Morgan fingerprint density at radius 1 is 1.16 bits per heavy atom. The third kappa shape index (κ3) is 7.68. The fourth-order valence-electron chi connectivity index (χ4n) is 5.77. The van der Waals surface area contributed by atoms with E-state index in [0.717, 1.165) is 57.5 Å². The number of carboxylic acid groups (broad SMARTS) is 2. The number of methoxy groups -OCH3 is 1. The molecule has 9 heteroatoms. The number of carbonyl (C=O) groups excluding carboxylic acids is 1. The fourth-order valence-corrected chi connectivity index (χ4v) is 5.77. The highest BCUT2D eigenvalue weighted by Gasteiger charge is 2.35. The number of ether oxygens (including phenoxy) is 1. The summed E-state index contributed by atoms with van der Waals surface area (Å²) in [5, 5.41) is 25.8. The second-order valence-electron chi connectivity index (χ2n) is 10.2. The summed E-state index contributed by atoms with van der Waals surface area (Å²) in [6.45, 7) is 7.10. The van der Waals surface area contributed by atoms with Crippen molar-refractivity contribution in [3.05, 3.63) is 52.4 Å². The van der Waals surface area contributed by atoms with Gasteiger partial charge in [-0.05, 0) is 95.7 Å². The zero-order valence-electron chi connectivity index (χ0n) is 22.7. The highest BCUT2D eigenvalue weighted by Crippen LogP contribution is 2.34. The smallest absolute Gasteiger partial charge is 0.333 e. The lowest BCUT2D eigenvalue weighted by Crippen LogP contribution is -2.37. The molecule has 1 aromatic rings. The average Bonchev–Trinajstić information content (AvgIpc) is 2.89. The van der Waals surface area contributed by atoms with Crippen molar-refractivity contribution < 1.29 is 29.3 Å². The fraction of sp³-hybridized carbons (Fsp3) is 0.552. The average molecular weight is 528 g/mol. The van der Waals surface area contributed by atoms with Crippen molar-refractivity contribution in [2.45, 2.75) is 64.3 Å². The maximum atomic E-state index is 11.9. The quantitative estimate of drug-likeness (QED) is 0.212. The van der Waals surface area contributed by atoms with Gasteiger partial charge in [-0.1, -0.05) is 12.1 Å². The van der Waals surface area contributed by atoms with Crippen LogP contribution in [-0.4, -0.2) is 72.7 Å². The van der Waals surface area contributed by atoms with Gasteiger partial charge in [-0.25, -0.2) is 9.59 Å². The molecule has 0 aromatic heterocycles. The van der Waals surface area contributed by atoms with Gasteiger partial charge < -0.3 is 35.3 Å². The molecule has 0 spiro atoms. The summed E-state index contributed by atoms with van der Waals surface area (Å²) in [7, 11) is 1.69. The number of hydrogen-bond donors (Lipinski definition) is 4. The lowest BCUT2D eigenvalue weighted by molar-refractivity contribution is -0.134. The van der Waals surface area contributed by atoms with Gasteiger partial charge in [0.25, 0.3) is 0 Å². The van der Waals surface area contributed by atoms with E-state index < -0.39 is 17.9 Å². The molecule has 1 aromatic carbocycles. The molecule has 208 valence electrons. The second kappa shape index (κ2) is 14.1. The van der Waals surface area contributed by atoms with Crippen LogP contribution >= 0.6 is 0 Å². The highest BCUT2D eigenvalue weighted by atomic mass is 16.5. The molecule has 1 atom stereocenters. The lowest BCUT2D eigenvalue weighted by Gasteiger charge is -2.32. The van der Waals surface area contributed by atoms with Crippen molar-refractivity contribution in [1.29, 1.82) is 0 Å². The molecule has 1 saturated heterocycles. The molecule has 0 radical (unpaired) electrons. The number of hydrogen-bond acceptors (Lipinski definition) is 7. The molecule has 2 heterocycles. The standard InChI is InChI=1S/C29H41N3O6/c1-19-26(28(34)35)25(27(29(36)37)20(2)31-19)9-8-23(12-17-33)30-13-5-14-32-15-10-21(11-16-32)22-6-4-7-24(18-22)38-3/h4,6-7,17-18,21,23,25,30-31H,5,8-16H2,1-3H3,(H,34,35)(H,36,37). The summed E-state index contributed by atoms with van der Waals surface area (Å²) in [6, 6.07) is 8.20. The molecule has 0 amide bonds. The summed E-state index contributed by atoms with van der Waals surface area (Å²) in [4.78, 5) is 37.6. The minimum absolute atomic E-state index is 0.0789. The van der Waals surface area contributed by atoms with Crippen LogP contribution in [0.25, 0.3) is 0 Å². The molecule has 2 aliphatic heterocycles. The summed E-state index contributed by atoms with van der Waals surface area (Å²) in [5.41, 5.74) is 2.41. The van der Waals surface area contributed by atoms with Gasteiger partial charge in [-0.2, -0.15) is 0 Å². The van der Waals surface area contributed by atoms with Crippen LogP contribution in [0.3, 0.4) is 0 Å². The number of dihydropyridines is 1. The zero-order valence-corrected chi connectivity index (χ0v) is 22.7. The third-order valence-electron chi connectivity index (χ3n) is 7.76. The molecule has 9 nitrogen and oxygen atoms in total. The molecule has 1 fully saturated rings. The Labute approximate surface area is 224 Å². The normalized spacial score (nSPS) is 18.3. The van der Waals surface area contributed by atoms with Crippen molar-refractivity contribution >= 4 is 18.2 Å². The predicted octanol–water partition coefficient (Wildman–Crippen LogP) is 3.53. The Balaban J connectivity index is 1.47. The molecular formula is C29H41N3O6. The number of likely N-dealkylation sites (tertiary alicyclic amines) is 1. The van der Waals surface area contributed by atoms with Crippen LogP contribution in [0.15, 0.2) is 46.8 Å². The van der Waals surface area contributed by atoms with Crippen molar-refractivity contribution in [3.8, 4) is 5.75 Å². The van der Waals surface area contributed by atoms with Gasteiger partial charge in [0.15, 0.2) is 0 Å². The van der Waals surface area contributed by atoms with Crippen molar-refractivity contribution in [2.75, 3.05) is 33.3 Å². The lowest BCUT2D eigenvalue weighted by atomic mass is 9.81. The van der Waals surface area contributed by atoms with E-state index >= 15 is 0 Å². The summed E-state index contributed by atoms with van der Waals surface area (Å²) < 4.78 is 5.36. The molecular weight excluding hydrogens is 486 g/mol. The summed E-state index contributed by atoms with van der Waals surface area (Å²) in [5.74, 6) is -1.53. The maximum Gasteiger partial charge on any atom is 0.333 e. The van der Waals surface area contributed by atoms with E-state index in [1.807, 2.05) is 12.1 Å². The Morgan fingerprint density at radius 3 is 2.39 bits per heavy atom. The Hall–Kier alpha value is -3.17. The van der Waals surface area contributed by atoms with E-state index in [2.05, 4.69) is 27.7 Å². The van der Waals surface area contributed by atoms with Crippen LogP contribution in [0.4, 0.5) is 0 Å². The largest absolute Gasteiger partial charge is 0.497 e. The molecule has 3 rings (SSSR count). The van der Waals surface area contributed by atoms with Crippen molar-refractivity contribution in [2.24, 2.45) is 5.92 Å². The van der Waals surface area contributed by atoms with Crippen LogP contribution < -0.4 is 15.4 Å². The van der Waals surface area contributed by atoms with Gasteiger partial charge in [0.2, 0.25) is 0 Å². The van der Waals surface area contributed by atoms with Gasteiger partial charge in [0.05, 0.1) is 18.3 Å². The van der Waals surface area contributed by atoms with E-state index in [-0.39, 0.29) is 17.2 Å². The SMILES string of the molecule is COc1cccc(C2CCN(CCCNC(CC=O)CCC3C(C(=O)O)=C(C)NC(C)=C3C(=O)O)CC2)c1. The molecule has 4 N–H and O–H groups in total. The molecule has 0 bridgehead atoms. The van der Waals surface area contributed by atoms with Crippen LogP contribution in [0.5, 0.6) is 5.75 Å².